The largest absolute Gasteiger partial charge is 0.450 e. The van der Waals surface area contributed by atoms with Crippen LogP contribution in [0.15, 0.2) is 24.3 Å². The topological polar surface area (TPSA) is 56.2 Å². The van der Waals surface area contributed by atoms with Crippen LogP contribution in [-0.4, -0.2) is 84.4 Å². The van der Waals surface area contributed by atoms with E-state index in [2.05, 4.69) is 45.9 Å². The number of rotatable bonds is 5. The van der Waals surface area contributed by atoms with Gasteiger partial charge < -0.3 is 14.7 Å². The maximum atomic E-state index is 11.9. The molecule has 2 heterocycles. The predicted octanol–water partition coefficient (Wildman–Crippen LogP) is 2.16. The highest BCUT2D eigenvalue weighted by Gasteiger charge is 2.29. The SMILES string of the molecule is CCOC(=O)N1CCN(C2CCCN(Cc3ccc(C#CCCO)cc3)C2)CC1. The molecule has 158 valence electrons. The summed E-state index contributed by atoms with van der Waals surface area (Å²) in [5.41, 5.74) is 2.31. The molecule has 0 spiro atoms. The number of ether oxygens (including phenoxy) is 1. The first kappa shape index (κ1) is 21.6. The van der Waals surface area contributed by atoms with Crippen molar-refractivity contribution < 1.29 is 14.6 Å². The lowest BCUT2D eigenvalue weighted by atomic mass is 10.0. The van der Waals surface area contributed by atoms with Crippen LogP contribution >= 0.6 is 0 Å². The molecule has 0 radical (unpaired) electrons. The van der Waals surface area contributed by atoms with Crippen LogP contribution < -0.4 is 0 Å². The molecule has 0 bridgehead atoms. The fourth-order valence-corrected chi connectivity index (χ4v) is 4.13. The summed E-state index contributed by atoms with van der Waals surface area (Å²) in [5, 5.41) is 8.81. The maximum Gasteiger partial charge on any atom is 0.409 e. The number of aliphatic hydroxyl groups is 1. The molecule has 2 fully saturated rings. The summed E-state index contributed by atoms with van der Waals surface area (Å²) in [5.74, 6) is 6.04. The number of aliphatic hydroxyl groups excluding tert-OH is 1. The highest BCUT2D eigenvalue weighted by Crippen LogP contribution is 2.20. The Morgan fingerprint density at radius 2 is 1.93 bits per heavy atom. The molecule has 0 aromatic heterocycles. The normalized spacial score (nSPS) is 20.8. The number of carbonyl (C=O) groups is 1. The Morgan fingerprint density at radius 1 is 1.17 bits per heavy atom. The molecule has 6 nitrogen and oxygen atoms in total. The molecule has 6 heteroatoms. The molecule has 29 heavy (non-hydrogen) atoms. The average Bonchev–Trinajstić information content (AvgIpc) is 2.76. The van der Waals surface area contributed by atoms with Gasteiger partial charge in [-0.2, -0.15) is 0 Å². The van der Waals surface area contributed by atoms with Crippen LogP contribution in [0.1, 0.15) is 37.3 Å². The quantitative estimate of drug-likeness (QED) is 0.769. The molecule has 2 aliphatic heterocycles. The number of piperidine rings is 1. The number of carbonyl (C=O) groups excluding carboxylic acids is 1. The highest BCUT2D eigenvalue weighted by molar-refractivity contribution is 5.67. The van der Waals surface area contributed by atoms with Crippen LogP contribution in [0.2, 0.25) is 0 Å². The van der Waals surface area contributed by atoms with Crippen molar-refractivity contribution in [3.05, 3.63) is 35.4 Å². The molecule has 1 N–H and O–H groups in total. The van der Waals surface area contributed by atoms with Gasteiger partial charge in [-0.25, -0.2) is 4.79 Å². The summed E-state index contributed by atoms with van der Waals surface area (Å²) in [7, 11) is 0. The van der Waals surface area contributed by atoms with Crippen molar-refractivity contribution in [3.8, 4) is 11.8 Å². The van der Waals surface area contributed by atoms with Crippen molar-refractivity contribution in [2.24, 2.45) is 0 Å². The number of hydrogen-bond donors (Lipinski definition) is 1. The molecule has 1 aromatic rings. The van der Waals surface area contributed by atoms with E-state index in [-0.39, 0.29) is 12.7 Å². The Labute approximate surface area is 174 Å². The number of nitrogens with zero attached hydrogens (tertiary/aromatic N) is 3. The number of likely N-dealkylation sites (tertiary alicyclic amines) is 1. The van der Waals surface area contributed by atoms with Gasteiger partial charge in [0.2, 0.25) is 0 Å². The van der Waals surface area contributed by atoms with Gasteiger partial charge in [0, 0.05) is 57.3 Å². The molecule has 1 aromatic carbocycles. The van der Waals surface area contributed by atoms with Gasteiger partial charge in [0.1, 0.15) is 0 Å². The van der Waals surface area contributed by atoms with Crippen molar-refractivity contribution in [2.75, 3.05) is 52.5 Å². The number of benzene rings is 1. The van der Waals surface area contributed by atoms with E-state index in [9.17, 15) is 4.79 Å². The van der Waals surface area contributed by atoms with Crippen molar-refractivity contribution >= 4 is 6.09 Å². The van der Waals surface area contributed by atoms with Gasteiger partial charge in [0.05, 0.1) is 13.2 Å². The fourth-order valence-electron chi connectivity index (χ4n) is 4.13. The van der Waals surface area contributed by atoms with E-state index in [4.69, 9.17) is 9.84 Å². The number of hydrogen-bond acceptors (Lipinski definition) is 5. The smallest absolute Gasteiger partial charge is 0.409 e. The van der Waals surface area contributed by atoms with Crippen LogP contribution in [0.5, 0.6) is 0 Å². The van der Waals surface area contributed by atoms with Crippen LogP contribution in [0.25, 0.3) is 0 Å². The van der Waals surface area contributed by atoms with Gasteiger partial charge >= 0.3 is 6.09 Å². The summed E-state index contributed by atoms with van der Waals surface area (Å²) in [6.45, 7) is 8.95. The van der Waals surface area contributed by atoms with E-state index in [1.807, 2.05) is 11.8 Å². The van der Waals surface area contributed by atoms with E-state index in [0.717, 1.165) is 51.4 Å². The van der Waals surface area contributed by atoms with Crippen LogP contribution in [-0.2, 0) is 11.3 Å². The Bertz CT molecular complexity index is 702. The minimum absolute atomic E-state index is 0.110. The van der Waals surface area contributed by atoms with E-state index in [0.29, 0.717) is 19.1 Å². The van der Waals surface area contributed by atoms with Gasteiger partial charge in [-0.05, 0) is 44.0 Å². The molecular weight excluding hydrogens is 366 g/mol. The predicted molar refractivity (Wildman–Crippen MR) is 113 cm³/mol. The molecule has 0 aliphatic carbocycles. The van der Waals surface area contributed by atoms with Crippen LogP contribution in [0.3, 0.4) is 0 Å². The summed E-state index contributed by atoms with van der Waals surface area (Å²) in [6, 6.07) is 9.01. The minimum Gasteiger partial charge on any atom is -0.450 e. The van der Waals surface area contributed by atoms with Crippen molar-refractivity contribution in [1.82, 2.24) is 14.7 Å². The molecule has 0 saturated carbocycles. The summed E-state index contributed by atoms with van der Waals surface area (Å²) in [4.78, 5) is 18.8. The monoisotopic (exact) mass is 399 g/mol. The Balaban J connectivity index is 1.47. The Morgan fingerprint density at radius 3 is 2.62 bits per heavy atom. The molecule has 2 saturated heterocycles. The molecular formula is C23H33N3O3. The second-order valence-electron chi connectivity index (χ2n) is 7.73. The summed E-state index contributed by atoms with van der Waals surface area (Å²) < 4.78 is 5.12. The first-order valence-corrected chi connectivity index (χ1v) is 10.8. The molecule has 2 aliphatic rings. The lowest BCUT2D eigenvalue weighted by molar-refractivity contribution is 0.0412. The second-order valence-corrected chi connectivity index (χ2v) is 7.73. The third-order valence-electron chi connectivity index (χ3n) is 5.67. The third-order valence-corrected chi connectivity index (χ3v) is 5.67. The third kappa shape index (κ3) is 6.46. The second kappa shape index (κ2) is 11.2. The molecule has 3 rings (SSSR count). The summed E-state index contributed by atoms with van der Waals surface area (Å²) >= 11 is 0. The Hall–Kier alpha value is -2.07. The number of piperazine rings is 1. The zero-order valence-electron chi connectivity index (χ0n) is 17.5. The van der Waals surface area contributed by atoms with Crippen molar-refractivity contribution in [3.63, 3.8) is 0 Å². The van der Waals surface area contributed by atoms with Gasteiger partial charge in [0.25, 0.3) is 0 Å². The Kier molecular flexibility index (Phi) is 8.36. The lowest BCUT2D eigenvalue weighted by Crippen LogP contribution is -2.55. The minimum atomic E-state index is -0.179. The molecule has 1 unspecified atom stereocenters. The maximum absolute atomic E-state index is 11.9. The first-order chi connectivity index (χ1) is 14.2. The van der Waals surface area contributed by atoms with Gasteiger partial charge in [-0.3, -0.25) is 9.80 Å². The zero-order chi connectivity index (χ0) is 20.5. The molecule has 1 amide bonds. The van der Waals surface area contributed by atoms with E-state index in [1.165, 1.54) is 18.4 Å². The fraction of sp³-hybridized carbons (Fsp3) is 0.609. The number of amides is 1. The zero-order valence-corrected chi connectivity index (χ0v) is 17.5. The van der Waals surface area contributed by atoms with Crippen LogP contribution in [0.4, 0.5) is 4.79 Å². The summed E-state index contributed by atoms with van der Waals surface area (Å²) in [6.07, 6.45) is 2.79. The van der Waals surface area contributed by atoms with Gasteiger partial charge in [-0.1, -0.05) is 24.0 Å². The van der Waals surface area contributed by atoms with Crippen LogP contribution in [0, 0.1) is 11.8 Å². The van der Waals surface area contributed by atoms with Crippen molar-refractivity contribution in [2.45, 2.75) is 38.8 Å². The average molecular weight is 400 g/mol. The lowest BCUT2D eigenvalue weighted by Gasteiger charge is -2.43. The van der Waals surface area contributed by atoms with E-state index < -0.39 is 0 Å². The van der Waals surface area contributed by atoms with Crippen molar-refractivity contribution in [1.29, 1.82) is 0 Å². The van der Waals surface area contributed by atoms with Gasteiger partial charge in [-0.15, -0.1) is 0 Å². The standard InChI is InChI=1S/C23H33N3O3/c1-2-29-23(28)26-15-13-25(14-16-26)22-7-5-12-24(19-22)18-21-10-8-20(9-11-21)6-3-4-17-27/h8-11,22,27H,2,4-5,7,12-19H2,1H3. The highest BCUT2D eigenvalue weighted by atomic mass is 16.6. The molecule has 1 atom stereocenters. The first-order valence-electron chi connectivity index (χ1n) is 10.8. The van der Waals surface area contributed by atoms with E-state index in [1.54, 1.807) is 0 Å². The van der Waals surface area contributed by atoms with Gasteiger partial charge in [0.15, 0.2) is 0 Å². The van der Waals surface area contributed by atoms with E-state index >= 15 is 0 Å².